The van der Waals surface area contributed by atoms with Gasteiger partial charge in [0.2, 0.25) is 5.43 Å². The number of ether oxygens (including phenoxy) is 1. The molecule has 5 aromatic heterocycles. The van der Waals surface area contributed by atoms with Crippen LogP contribution in [0.5, 0.6) is 0 Å². The molecule has 182 valence electrons. The van der Waals surface area contributed by atoms with E-state index in [2.05, 4.69) is 25.0 Å². The van der Waals surface area contributed by atoms with Crippen LogP contribution in [-0.4, -0.2) is 42.9 Å². The number of halogens is 3. The van der Waals surface area contributed by atoms with Crippen LogP contribution in [0.1, 0.15) is 29.4 Å². The Hall–Kier alpha value is -3.77. The molecule has 12 heteroatoms. The van der Waals surface area contributed by atoms with E-state index >= 15 is 0 Å². The van der Waals surface area contributed by atoms with Crippen molar-refractivity contribution in [3.05, 3.63) is 70.2 Å². The van der Waals surface area contributed by atoms with Crippen molar-refractivity contribution in [3.63, 3.8) is 0 Å². The summed E-state index contributed by atoms with van der Waals surface area (Å²) in [6.07, 6.45) is 0.630. The normalized spacial score (nSPS) is 16.3. The van der Waals surface area contributed by atoms with Gasteiger partial charge in [-0.25, -0.2) is 19.6 Å². The lowest BCUT2D eigenvalue weighted by molar-refractivity contribution is -0.141. The van der Waals surface area contributed by atoms with Gasteiger partial charge in [0.15, 0.2) is 16.9 Å². The van der Waals surface area contributed by atoms with E-state index in [0.29, 0.717) is 23.8 Å². The van der Waals surface area contributed by atoms with Crippen molar-refractivity contribution in [3.8, 4) is 16.3 Å². The number of alkyl halides is 3. The first-order valence-electron chi connectivity index (χ1n) is 11.1. The summed E-state index contributed by atoms with van der Waals surface area (Å²) in [5.74, 6) is 0.236. The van der Waals surface area contributed by atoms with Gasteiger partial charge in [-0.3, -0.25) is 9.78 Å². The van der Waals surface area contributed by atoms with E-state index in [-0.39, 0.29) is 28.5 Å². The summed E-state index contributed by atoms with van der Waals surface area (Å²) in [4.78, 5) is 30.8. The first-order valence-corrected chi connectivity index (χ1v) is 11.9. The Morgan fingerprint density at radius 2 is 1.97 bits per heavy atom. The number of thiophene rings is 1. The van der Waals surface area contributed by atoms with Crippen LogP contribution in [0.2, 0.25) is 0 Å². The number of pyridine rings is 2. The highest BCUT2D eigenvalue weighted by Gasteiger charge is 2.32. The Bertz CT molecular complexity index is 1670. The third-order valence-corrected chi connectivity index (χ3v) is 7.09. The second kappa shape index (κ2) is 8.42. The molecule has 8 nitrogen and oxygen atoms in total. The maximum Gasteiger partial charge on any atom is 0.433 e. The highest BCUT2D eigenvalue weighted by Crippen LogP contribution is 2.34. The Morgan fingerprint density at radius 3 is 2.69 bits per heavy atom. The quantitative estimate of drug-likeness (QED) is 0.348. The van der Waals surface area contributed by atoms with Gasteiger partial charge in [-0.2, -0.15) is 18.3 Å². The number of aryl methyl sites for hydroxylation is 1. The number of hydrogen-bond acceptors (Lipinski definition) is 8. The Labute approximate surface area is 205 Å². The van der Waals surface area contributed by atoms with Crippen LogP contribution in [0.4, 0.5) is 13.2 Å². The first kappa shape index (κ1) is 22.7. The van der Waals surface area contributed by atoms with E-state index < -0.39 is 17.3 Å². The van der Waals surface area contributed by atoms with Crippen LogP contribution in [0, 0.1) is 6.92 Å². The zero-order chi connectivity index (χ0) is 25.0. The zero-order valence-corrected chi connectivity index (χ0v) is 19.6. The van der Waals surface area contributed by atoms with Gasteiger partial charge in [-0.05, 0) is 43.0 Å². The fraction of sp³-hybridized carbons (Fsp3) is 0.250. The molecule has 1 aliphatic heterocycles. The fourth-order valence-electron chi connectivity index (χ4n) is 4.17. The van der Waals surface area contributed by atoms with Crippen molar-refractivity contribution in [2.45, 2.75) is 25.4 Å². The predicted octanol–water partition coefficient (Wildman–Crippen LogP) is 4.68. The molecule has 1 fully saturated rings. The molecule has 0 amide bonds. The molecule has 0 aromatic carbocycles. The molecule has 0 spiro atoms. The van der Waals surface area contributed by atoms with Crippen molar-refractivity contribution in [2.24, 2.45) is 0 Å². The Morgan fingerprint density at radius 1 is 1.11 bits per heavy atom. The highest BCUT2D eigenvalue weighted by molar-refractivity contribution is 7.22. The summed E-state index contributed by atoms with van der Waals surface area (Å²) in [7, 11) is 0. The minimum atomic E-state index is -4.58. The fourth-order valence-corrected chi connectivity index (χ4v) is 5.16. The summed E-state index contributed by atoms with van der Waals surface area (Å²) < 4.78 is 46.8. The average Bonchev–Trinajstić information content (AvgIpc) is 3.53. The molecule has 0 unspecified atom stereocenters. The van der Waals surface area contributed by atoms with Crippen molar-refractivity contribution in [2.75, 3.05) is 13.2 Å². The van der Waals surface area contributed by atoms with Gasteiger partial charge in [-0.1, -0.05) is 0 Å². The molecule has 1 saturated heterocycles. The largest absolute Gasteiger partial charge is 0.433 e. The summed E-state index contributed by atoms with van der Waals surface area (Å²) >= 11 is 1.36. The molecule has 0 N–H and O–H groups in total. The van der Waals surface area contributed by atoms with Crippen LogP contribution in [0.15, 0.2) is 47.7 Å². The lowest BCUT2D eigenvalue weighted by atomic mass is 10.0. The molecule has 0 aliphatic carbocycles. The second-order valence-corrected chi connectivity index (χ2v) is 9.57. The van der Waals surface area contributed by atoms with E-state index in [1.165, 1.54) is 28.3 Å². The topological polar surface area (TPSA) is 95.7 Å². The number of hydrogen-bond donors (Lipinski definition) is 0. The summed E-state index contributed by atoms with van der Waals surface area (Å²) in [6, 6.07) is 5.97. The molecule has 5 aromatic rings. The number of nitrogens with zero attached hydrogens (tertiary/aromatic N) is 6. The summed E-state index contributed by atoms with van der Waals surface area (Å²) in [5, 5.41) is 5.44. The lowest BCUT2D eigenvalue weighted by Gasteiger charge is -2.12. The van der Waals surface area contributed by atoms with Crippen molar-refractivity contribution >= 4 is 32.6 Å². The number of fused-ring (bicyclic) bond motifs is 2. The van der Waals surface area contributed by atoms with Crippen LogP contribution in [-0.2, 0) is 10.9 Å². The van der Waals surface area contributed by atoms with E-state index in [9.17, 15) is 18.0 Å². The molecule has 6 heterocycles. The third-order valence-electron chi connectivity index (χ3n) is 5.99. The highest BCUT2D eigenvalue weighted by atomic mass is 32.1. The predicted molar refractivity (Wildman–Crippen MR) is 127 cm³/mol. The standard InChI is InChI=1S/C24H17F3N6O2S/c1-12-8-30-21-22(34)20(17-7-14-6-16(13-4-5-35-11-13)28-10-18(14)36-17)32-33(23(21)31-12)15-2-3-19(29-9-15)24(25,26)27/h2-3,6-10,13H,4-5,11H2,1H3/t13-/m1/s1. The van der Waals surface area contributed by atoms with E-state index in [1.54, 1.807) is 13.1 Å². The SMILES string of the molecule is Cc1cnc2c(=O)c(-c3cc4cc([C@@H]5CCOC5)ncc4s3)nn(-c3ccc(C(F)(F)F)nc3)c2n1. The monoisotopic (exact) mass is 510 g/mol. The Kier molecular flexibility index (Phi) is 5.30. The minimum absolute atomic E-state index is 0.0601. The minimum Gasteiger partial charge on any atom is -0.381 e. The molecule has 1 atom stereocenters. The summed E-state index contributed by atoms with van der Waals surface area (Å²) in [5.41, 5.74) is 0.554. The Balaban J connectivity index is 1.52. The third kappa shape index (κ3) is 3.91. The maximum absolute atomic E-state index is 13.4. The number of aromatic nitrogens is 6. The lowest BCUT2D eigenvalue weighted by Crippen LogP contribution is -2.18. The van der Waals surface area contributed by atoms with Crippen LogP contribution in [0.3, 0.4) is 0 Å². The molecule has 6 rings (SSSR count). The van der Waals surface area contributed by atoms with Gasteiger partial charge in [0.05, 0.1) is 33.8 Å². The van der Waals surface area contributed by atoms with E-state index in [1.807, 2.05) is 12.1 Å². The summed E-state index contributed by atoms with van der Waals surface area (Å²) in [6.45, 7) is 3.04. The van der Waals surface area contributed by atoms with Crippen molar-refractivity contribution in [1.82, 2.24) is 29.7 Å². The molecule has 0 saturated carbocycles. The van der Waals surface area contributed by atoms with Gasteiger partial charge < -0.3 is 4.74 Å². The second-order valence-electron chi connectivity index (χ2n) is 8.49. The molecule has 36 heavy (non-hydrogen) atoms. The van der Waals surface area contributed by atoms with Crippen LogP contribution in [0.25, 0.3) is 37.5 Å². The van der Waals surface area contributed by atoms with Gasteiger partial charge in [-0.15, -0.1) is 11.3 Å². The van der Waals surface area contributed by atoms with Crippen molar-refractivity contribution < 1.29 is 17.9 Å². The smallest absolute Gasteiger partial charge is 0.381 e. The average molecular weight is 511 g/mol. The molecular weight excluding hydrogens is 493 g/mol. The zero-order valence-electron chi connectivity index (χ0n) is 18.8. The van der Waals surface area contributed by atoms with Crippen molar-refractivity contribution in [1.29, 1.82) is 0 Å². The van der Waals surface area contributed by atoms with E-state index in [0.717, 1.165) is 34.5 Å². The molecular formula is C24H17F3N6O2S. The molecule has 1 aliphatic rings. The van der Waals surface area contributed by atoms with Gasteiger partial charge in [0, 0.05) is 30.6 Å². The van der Waals surface area contributed by atoms with Gasteiger partial charge >= 0.3 is 6.18 Å². The van der Waals surface area contributed by atoms with Gasteiger partial charge in [0.1, 0.15) is 5.69 Å². The first-order chi connectivity index (χ1) is 17.3. The van der Waals surface area contributed by atoms with Crippen LogP contribution >= 0.6 is 11.3 Å². The molecule has 0 radical (unpaired) electrons. The van der Waals surface area contributed by atoms with Crippen LogP contribution < -0.4 is 5.43 Å². The number of rotatable bonds is 3. The van der Waals surface area contributed by atoms with E-state index in [4.69, 9.17) is 4.74 Å². The van der Waals surface area contributed by atoms with Gasteiger partial charge in [0.25, 0.3) is 0 Å². The maximum atomic E-state index is 13.4. The molecule has 0 bridgehead atoms.